The first-order valence-electron chi connectivity index (χ1n) is 11.6. The Hall–Kier alpha value is -4.42. The van der Waals surface area contributed by atoms with Gasteiger partial charge in [-0.2, -0.15) is 23.5 Å². The SMILES string of the molecule is O=C(NCc1ccc(C(F)(F)F)cc1)c1nn(-c2ccccc2Cl)c(-c2ccc(Cl)cc2)c1OCc1nn[nH]n1. The van der Waals surface area contributed by atoms with Crippen LogP contribution in [-0.2, 0) is 19.3 Å². The molecule has 3 aromatic carbocycles. The number of tetrazole rings is 1. The summed E-state index contributed by atoms with van der Waals surface area (Å²) < 4.78 is 46.3. The quantitative estimate of drug-likeness (QED) is 0.234. The zero-order valence-corrected chi connectivity index (χ0v) is 21.8. The molecule has 0 unspecified atom stereocenters. The van der Waals surface area contributed by atoms with Crippen molar-refractivity contribution in [3.63, 3.8) is 0 Å². The molecule has 14 heteroatoms. The molecule has 0 atom stereocenters. The van der Waals surface area contributed by atoms with E-state index >= 15 is 0 Å². The number of hydrogen-bond acceptors (Lipinski definition) is 6. The molecule has 2 aromatic heterocycles. The Labute approximate surface area is 234 Å². The van der Waals surface area contributed by atoms with Crippen molar-refractivity contribution in [3.8, 4) is 22.7 Å². The summed E-state index contributed by atoms with van der Waals surface area (Å²) in [6.07, 6.45) is -4.46. The second kappa shape index (κ2) is 11.4. The minimum Gasteiger partial charge on any atom is -0.481 e. The number of nitrogens with one attached hydrogen (secondary N) is 2. The summed E-state index contributed by atoms with van der Waals surface area (Å²) in [6.45, 7) is -0.207. The number of nitrogens with zero attached hydrogens (tertiary/aromatic N) is 5. The number of alkyl halides is 3. The first-order chi connectivity index (χ1) is 19.2. The first kappa shape index (κ1) is 27.2. The second-order valence-electron chi connectivity index (χ2n) is 8.39. The first-order valence-corrected chi connectivity index (χ1v) is 12.4. The Morgan fingerprint density at radius 1 is 1.00 bits per heavy atom. The number of H-pyrrole nitrogens is 1. The number of aromatic nitrogens is 6. The topological polar surface area (TPSA) is 111 Å². The van der Waals surface area contributed by atoms with Gasteiger partial charge in [0.15, 0.2) is 18.1 Å². The smallest absolute Gasteiger partial charge is 0.416 e. The monoisotopic (exact) mass is 587 g/mol. The third-order valence-electron chi connectivity index (χ3n) is 5.72. The molecule has 204 valence electrons. The molecule has 5 rings (SSSR count). The highest BCUT2D eigenvalue weighted by Gasteiger charge is 2.30. The number of halogens is 5. The zero-order chi connectivity index (χ0) is 28.3. The molecule has 0 fully saturated rings. The van der Waals surface area contributed by atoms with Gasteiger partial charge in [-0.05, 0) is 42.0 Å². The highest BCUT2D eigenvalue weighted by molar-refractivity contribution is 6.32. The van der Waals surface area contributed by atoms with Crippen LogP contribution in [0.3, 0.4) is 0 Å². The van der Waals surface area contributed by atoms with Crippen LogP contribution in [0.15, 0.2) is 72.8 Å². The largest absolute Gasteiger partial charge is 0.481 e. The molecule has 5 aromatic rings. The van der Waals surface area contributed by atoms with Gasteiger partial charge in [-0.1, -0.05) is 64.8 Å². The van der Waals surface area contributed by atoms with Gasteiger partial charge in [0.05, 0.1) is 16.3 Å². The summed E-state index contributed by atoms with van der Waals surface area (Å²) in [5.74, 6) is -0.315. The molecule has 0 aliphatic rings. The average molecular weight is 588 g/mol. The lowest BCUT2D eigenvalue weighted by atomic mass is 10.1. The van der Waals surface area contributed by atoms with E-state index in [2.05, 4.69) is 31.0 Å². The van der Waals surface area contributed by atoms with Gasteiger partial charge in [0.25, 0.3) is 5.91 Å². The van der Waals surface area contributed by atoms with Gasteiger partial charge in [-0.3, -0.25) is 4.79 Å². The summed E-state index contributed by atoms with van der Waals surface area (Å²) in [5, 5.41) is 21.7. The van der Waals surface area contributed by atoms with Crippen molar-refractivity contribution in [1.82, 2.24) is 35.7 Å². The van der Waals surface area contributed by atoms with E-state index in [1.165, 1.54) is 16.8 Å². The number of carbonyl (C=O) groups is 1. The predicted octanol–water partition coefficient (Wildman–Crippen LogP) is 5.89. The van der Waals surface area contributed by atoms with Crippen molar-refractivity contribution in [2.45, 2.75) is 19.3 Å². The van der Waals surface area contributed by atoms with E-state index in [0.717, 1.165) is 12.1 Å². The molecule has 0 spiro atoms. The molecular weight excluding hydrogens is 570 g/mol. The highest BCUT2D eigenvalue weighted by Crippen LogP contribution is 2.38. The summed E-state index contributed by atoms with van der Waals surface area (Å²) in [7, 11) is 0. The number of hydrogen-bond donors (Lipinski definition) is 2. The molecule has 40 heavy (non-hydrogen) atoms. The molecule has 0 saturated carbocycles. The standard InChI is InChI=1S/C26H18Cl2F3N7O2/c27-18-11-7-16(8-12-18)23-24(40-14-21-33-36-37-34-21)22(35-38(23)20-4-2-1-3-19(20)28)25(39)32-13-15-5-9-17(10-6-15)26(29,30)31/h1-12H,13-14H2,(H,32,39)(H,33,34,36,37). The molecule has 2 N–H and O–H groups in total. The van der Waals surface area contributed by atoms with Gasteiger partial charge < -0.3 is 10.1 Å². The minimum atomic E-state index is -4.46. The maximum Gasteiger partial charge on any atom is 0.416 e. The molecular formula is C26H18Cl2F3N7O2. The lowest BCUT2D eigenvalue weighted by molar-refractivity contribution is -0.137. The predicted molar refractivity (Wildman–Crippen MR) is 140 cm³/mol. The molecule has 0 radical (unpaired) electrons. The number of rotatable bonds is 8. The van der Waals surface area contributed by atoms with Crippen molar-refractivity contribution in [2.75, 3.05) is 0 Å². The fourth-order valence-electron chi connectivity index (χ4n) is 3.81. The normalized spacial score (nSPS) is 11.4. The number of carbonyl (C=O) groups excluding carboxylic acids is 1. The van der Waals surface area contributed by atoms with Crippen LogP contribution in [0.5, 0.6) is 5.75 Å². The number of ether oxygens (including phenoxy) is 1. The van der Waals surface area contributed by atoms with Crippen LogP contribution in [0.4, 0.5) is 13.2 Å². The van der Waals surface area contributed by atoms with Crippen molar-refractivity contribution in [1.29, 1.82) is 0 Å². The van der Waals surface area contributed by atoms with Gasteiger partial charge in [0, 0.05) is 17.1 Å². The van der Waals surface area contributed by atoms with Gasteiger partial charge >= 0.3 is 6.18 Å². The lowest BCUT2D eigenvalue weighted by Crippen LogP contribution is -2.24. The zero-order valence-electron chi connectivity index (χ0n) is 20.3. The maximum atomic E-state index is 13.4. The highest BCUT2D eigenvalue weighted by atomic mass is 35.5. The van der Waals surface area contributed by atoms with Gasteiger partial charge in [-0.25, -0.2) is 4.68 Å². The van der Waals surface area contributed by atoms with Crippen molar-refractivity contribution in [2.24, 2.45) is 0 Å². The van der Waals surface area contributed by atoms with Crippen LogP contribution < -0.4 is 10.1 Å². The van der Waals surface area contributed by atoms with E-state index in [1.807, 2.05) is 0 Å². The fraction of sp³-hybridized carbons (Fsp3) is 0.115. The van der Waals surface area contributed by atoms with Crippen LogP contribution in [0.25, 0.3) is 16.9 Å². The molecule has 2 heterocycles. The van der Waals surface area contributed by atoms with Crippen LogP contribution in [-0.4, -0.2) is 36.3 Å². The third-order valence-corrected chi connectivity index (χ3v) is 6.30. The Morgan fingerprint density at radius 3 is 2.38 bits per heavy atom. The molecule has 0 aliphatic carbocycles. The van der Waals surface area contributed by atoms with Crippen LogP contribution in [0.1, 0.15) is 27.4 Å². The van der Waals surface area contributed by atoms with Crippen LogP contribution in [0, 0.1) is 0 Å². The van der Waals surface area contributed by atoms with Crippen molar-refractivity contribution >= 4 is 29.1 Å². The van der Waals surface area contributed by atoms with E-state index in [0.29, 0.717) is 32.6 Å². The van der Waals surface area contributed by atoms with E-state index in [-0.39, 0.29) is 30.4 Å². The molecule has 0 saturated heterocycles. The average Bonchev–Trinajstić information content (AvgIpc) is 3.59. The van der Waals surface area contributed by atoms with Crippen molar-refractivity contribution in [3.05, 3.63) is 105 Å². The van der Waals surface area contributed by atoms with Crippen molar-refractivity contribution < 1.29 is 22.7 Å². The van der Waals surface area contributed by atoms with E-state index in [1.54, 1.807) is 48.5 Å². The van der Waals surface area contributed by atoms with Crippen LogP contribution in [0.2, 0.25) is 10.0 Å². The summed E-state index contributed by atoms with van der Waals surface area (Å²) >= 11 is 12.6. The second-order valence-corrected chi connectivity index (χ2v) is 9.23. The number of benzene rings is 3. The third kappa shape index (κ3) is 5.92. The summed E-state index contributed by atoms with van der Waals surface area (Å²) in [5.41, 5.74) is 1.06. The molecule has 9 nitrogen and oxygen atoms in total. The molecule has 0 aliphatic heterocycles. The number of para-hydroxylation sites is 1. The van der Waals surface area contributed by atoms with Gasteiger partial charge in [0.2, 0.25) is 5.82 Å². The van der Waals surface area contributed by atoms with E-state index in [4.69, 9.17) is 27.9 Å². The molecule has 1 amide bonds. The Morgan fingerprint density at radius 2 is 1.73 bits per heavy atom. The molecule has 0 bridgehead atoms. The number of amides is 1. The maximum absolute atomic E-state index is 13.4. The fourth-order valence-corrected chi connectivity index (χ4v) is 4.15. The van der Waals surface area contributed by atoms with E-state index < -0.39 is 17.6 Å². The van der Waals surface area contributed by atoms with Gasteiger partial charge in [0.1, 0.15) is 5.69 Å². The Kier molecular flexibility index (Phi) is 7.71. The Balaban J connectivity index is 1.55. The summed E-state index contributed by atoms with van der Waals surface area (Å²) in [4.78, 5) is 13.4. The Bertz CT molecular complexity index is 1620. The summed E-state index contributed by atoms with van der Waals surface area (Å²) in [6, 6.07) is 18.2. The minimum absolute atomic E-state index is 0.0590. The van der Waals surface area contributed by atoms with Gasteiger partial charge in [-0.15, -0.1) is 10.2 Å². The van der Waals surface area contributed by atoms with E-state index in [9.17, 15) is 18.0 Å². The lowest BCUT2D eigenvalue weighted by Gasteiger charge is -2.12. The number of aromatic amines is 1. The van der Waals surface area contributed by atoms with Crippen LogP contribution >= 0.6 is 23.2 Å².